The predicted octanol–water partition coefficient (Wildman–Crippen LogP) is 4.15. The van der Waals surface area contributed by atoms with Crippen LogP contribution in [-0.2, 0) is 0 Å². The minimum Gasteiger partial charge on any atom is -0.398 e. The van der Waals surface area contributed by atoms with Crippen molar-refractivity contribution in [3.05, 3.63) is 57.8 Å². The Morgan fingerprint density at radius 1 is 1.29 bits per heavy atom. The maximum atomic E-state index is 13.0. The molecule has 0 aliphatic carbocycles. The summed E-state index contributed by atoms with van der Waals surface area (Å²) in [7, 11) is 0. The van der Waals surface area contributed by atoms with Crippen LogP contribution in [0.2, 0.25) is 0 Å². The molecule has 0 bridgehead atoms. The Bertz CT molecular complexity index is 671. The number of nitrogens with zero attached hydrogens (tertiary/aromatic N) is 1. The van der Waals surface area contributed by atoms with E-state index in [0.29, 0.717) is 23.5 Å². The van der Waals surface area contributed by atoms with E-state index in [1.165, 1.54) is 12.1 Å². The van der Waals surface area contributed by atoms with Gasteiger partial charge in [-0.05, 0) is 55.8 Å². The molecule has 5 heteroatoms. The minimum atomic E-state index is -0.329. The number of halogens is 2. The minimum absolute atomic E-state index is 0.158. The maximum Gasteiger partial charge on any atom is 0.258 e. The first-order valence-electron chi connectivity index (χ1n) is 6.57. The molecule has 2 aromatic rings. The molecular weight excluding hydrogens is 335 g/mol. The Labute approximate surface area is 131 Å². The number of nitrogen functional groups attached to an aromatic ring is 1. The van der Waals surface area contributed by atoms with Crippen LogP contribution in [-0.4, -0.2) is 12.5 Å². The summed E-state index contributed by atoms with van der Waals surface area (Å²) in [6, 6.07) is 9.38. The van der Waals surface area contributed by atoms with Gasteiger partial charge in [-0.2, -0.15) is 0 Å². The highest BCUT2D eigenvalue weighted by Crippen LogP contribution is 2.26. The highest BCUT2D eigenvalue weighted by atomic mass is 79.9. The second kappa shape index (κ2) is 6.26. The first-order valence-corrected chi connectivity index (χ1v) is 7.36. The lowest BCUT2D eigenvalue weighted by molar-refractivity contribution is 0.0987. The number of carbonyl (C=O) groups is 1. The third-order valence-corrected chi connectivity index (χ3v) is 3.80. The lowest BCUT2D eigenvalue weighted by Gasteiger charge is -2.22. The van der Waals surface area contributed by atoms with Gasteiger partial charge in [0.1, 0.15) is 5.82 Å². The van der Waals surface area contributed by atoms with E-state index in [-0.39, 0.29) is 11.7 Å². The summed E-state index contributed by atoms with van der Waals surface area (Å²) in [5.41, 5.74) is 8.40. The van der Waals surface area contributed by atoms with Gasteiger partial charge in [-0.15, -0.1) is 0 Å². The Balaban J connectivity index is 2.44. The topological polar surface area (TPSA) is 46.3 Å². The quantitative estimate of drug-likeness (QED) is 0.845. The van der Waals surface area contributed by atoms with Crippen molar-refractivity contribution in [3.63, 3.8) is 0 Å². The number of nitrogens with two attached hydrogens (primary N) is 1. The fraction of sp³-hybridized carbons (Fsp3) is 0.188. The Hall–Kier alpha value is -1.88. The van der Waals surface area contributed by atoms with Crippen molar-refractivity contribution in [1.29, 1.82) is 0 Å². The van der Waals surface area contributed by atoms with Crippen molar-refractivity contribution in [2.24, 2.45) is 0 Å². The van der Waals surface area contributed by atoms with Gasteiger partial charge in [-0.1, -0.05) is 15.9 Å². The first kappa shape index (κ1) is 15.5. The lowest BCUT2D eigenvalue weighted by atomic mass is 10.1. The van der Waals surface area contributed by atoms with E-state index in [2.05, 4.69) is 15.9 Å². The second-order valence-corrected chi connectivity index (χ2v) is 5.61. The van der Waals surface area contributed by atoms with E-state index in [0.717, 1.165) is 10.0 Å². The average molecular weight is 351 g/mol. The number of hydrogen-bond acceptors (Lipinski definition) is 2. The number of hydrogen-bond donors (Lipinski definition) is 1. The van der Waals surface area contributed by atoms with Crippen molar-refractivity contribution >= 4 is 33.2 Å². The van der Waals surface area contributed by atoms with Crippen LogP contribution in [0, 0.1) is 12.7 Å². The number of anilines is 2. The standard InChI is InChI=1S/C16H16BrFN2O/c1-3-20(13-6-4-12(18)5-7-13)16(21)14-8-11(17)9-15(19)10(14)2/h4-9H,3,19H2,1-2H3. The zero-order valence-corrected chi connectivity index (χ0v) is 13.4. The van der Waals surface area contributed by atoms with Crippen LogP contribution in [0.25, 0.3) is 0 Å². The fourth-order valence-corrected chi connectivity index (χ4v) is 2.61. The van der Waals surface area contributed by atoms with Crippen LogP contribution in [0.3, 0.4) is 0 Å². The molecule has 2 aromatic carbocycles. The van der Waals surface area contributed by atoms with Gasteiger partial charge in [0.2, 0.25) is 0 Å². The number of benzene rings is 2. The third-order valence-electron chi connectivity index (χ3n) is 3.34. The normalized spacial score (nSPS) is 10.5. The molecule has 0 aliphatic heterocycles. The van der Waals surface area contributed by atoms with Crippen molar-refractivity contribution in [1.82, 2.24) is 0 Å². The fourth-order valence-electron chi connectivity index (χ4n) is 2.13. The van der Waals surface area contributed by atoms with E-state index in [1.807, 2.05) is 13.8 Å². The highest BCUT2D eigenvalue weighted by molar-refractivity contribution is 9.10. The van der Waals surface area contributed by atoms with Gasteiger partial charge in [-0.3, -0.25) is 4.79 Å². The number of amides is 1. The Morgan fingerprint density at radius 3 is 2.48 bits per heavy atom. The average Bonchev–Trinajstić information content (AvgIpc) is 2.45. The summed E-state index contributed by atoms with van der Waals surface area (Å²) in [6.45, 7) is 4.17. The van der Waals surface area contributed by atoms with Crippen LogP contribution in [0.4, 0.5) is 15.8 Å². The summed E-state index contributed by atoms with van der Waals surface area (Å²) in [5, 5.41) is 0. The molecule has 0 heterocycles. The van der Waals surface area contributed by atoms with Gasteiger partial charge < -0.3 is 10.6 Å². The van der Waals surface area contributed by atoms with Crippen LogP contribution < -0.4 is 10.6 Å². The summed E-state index contributed by atoms with van der Waals surface area (Å²) in [5.74, 6) is -0.486. The molecule has 0 aromatic heterocycles. The number of carbonyl (C=O) groups excluding carboxylic acids is 1. The third kappa shape index (κ3) is 3.24. The van der Waals surface area contributed by atoms with Crippen LogP contribution in [0.1, 0.15) is 22.8 Å². The van der Waals surface area contributed by atoms with Gasteiger partial charge in [0, 0.05) is 28.0 Å². The zero-order valence-electron chi connectivity index (χ0n) is 11.9. The molecule has 2 N–H and O–H groups in total. The molecule has 0 atom stereocenters. The van der Waals surface area contributed by atoms with Crippen molar-refractivity contribution in [2.75, 3.05) is 17.2 Å². The van der Waals surface area contributed by atoms with Gasteiger partial charge >= 0.3 is 0 Å². The van der Waals surface area contributed by atoms with E-state index < -0.39 is 0 Å². The predicted molar refractivity (Wildman–Crippen MR) is 87.0 cm³/mol. The summed E-state index contributed by atoms with van der Waals surface area (Å²) < 4.78 is 13.8. The Morgan fingerprint density at radius 2 is 1.90 bits per heavy atom. The Kier molecular flexibility index (Phi) is 4.63. The van der Waals surface area contributed by atoms with Gasteiger partial charge in [-0.25, -0.2) is 4.39 Å². The van der Waals surface area contributed by atoms with E-state index in [1.54, 1.807) is 29.2 Å². The zero-order chi connectivity index (χ0) is 15.6. The molecule has 2 rings (SSSR count). The molecule has 0 radical (unpaired) electrons. The summed E-state index contributed by atoms with van der Waals surface area (Å²) in [4.78, 5) is 14.3. The summed E-state index contributed by atoms with van der Waals surface area (Å²) >= 11 is 3.35. The van der Waals surface area contributed by atoms with Gasteiger partial charge in [0.05, 0.1) is 0 Å². The monoisotopic (exact) mass is 350 g/mol. The highest BCUT2D eigenvalue weighted by Gasteiger charge is 2.19. The summed E-state index contributed by atoms with van der Waals surface area (Å²) in [6.07, 6.45) is 0. The van der Waals surface area contributed by atoms with Crippen LogP contribution in [0.15, 0.2) is 40.9 Å². The maximum absolute atomic E-state index is 13.0. The molecule has 0 unspecified atom stereocenters. The largest absolute Gasteiger partial charge is 0.398 e. The molecule has 0 saturated carbocycles. The SMILES string of the molecule is CCN(C(=O)c1cc(Br)cc(N)c1C)c1ccc(F)cc1. The van der Waals surface area contributed by atoms with E-state index in [9.17, 15) is 9.18 Å². The van der Waals surface area contributed by atoms with Crippen LogP contribution >= 0.6 is 15.9 Å². The lowest BCUT2D eigenvalue weighted by Crippen LogP contribution is -2.31. The molecule has 0 aliphatic rings. The molecule has 0 spiro atoms. The van der Waals surface area contributed by atoms with Crippen molar-refractivity contribution in [3.8, 4) is 0 Å². The molecule has 0 saturated heterocycles. The van der Waals surface area contributed by atoms with Gasteiger partial charge in [0.25, 0.3) is 5.91 Å². The number of rotatable bonds is 3. The first-order chi connectivity index (χ1) is 9.93. The molecule has 0 fully saturated rings. The molecule has 1 amide bonds. The van der Waals surface area contributed by atoms with E-state index >= 15 is 0 Å². The molecule has 21 heavy (non-hydrogen) atoms. The van der Waals surface area contributed by atoms with Crippen LogP contribution in [0.5, 0.6) is 0 Å². The van der Waals surface area contributed by atoms with Crippen molar-refractivity contribution in [2.45, 2.75) is 13.8 Å². The van der Waals surface area contributed by atoms with Crippen molar-refractivity contribution < 1.29 is 9.18 Å². The smallest absolute Gasteiger partial charge is 0.258 e. The van der Waals surface area contributed by atoms with E-state index in [4.69, 9.17) is 5.73 Å². The molecule has 110 valence electrons. The molecular formula is C16H16BrFN2O. The molecule has 3 nitrogen and oxygen atoms in total. The second-order valence-electron chi connectivity index (χ2n) is 4.69. The van der Waals surface area contributed by atoms with Gasteiger partial charge in [0.15, 0.2) is 0 Å².